The van der Waals surface area contributed by atoms with Crippen LogP contribution in [0.25, 0.3) is 5.76 Å². The van der Waals surface area contributed by atoms with E-state index < -0.39 is 17.7 Å². The molecule has 1 heterocycles. The third-order valence-electron chi connectivity index (χ3n) is 5.61. The maximum atomic E-state index is 13.1. The molecule has 0 saturated carbocycles. The van der Waals surface area contributed by atoms with Crippen molar-refractivity contribution in [2.24, 2.45) is 0 Å². The number of carbonyl (C=O) groups is 2. The van der Waals surface area contributed by atoms with Crippen LogP contribution in [0.2, 0.25) is 0 Å². The standard InChI is InChI=1S/C26H30N2O4/c1-6-15-32-20-11-12-21(18(3)16-20)24(29)22-23(19-9-7-17(2)8-10-19)28(14-13-27(4)5)26(31)25(22)30/h6-12,16,23,29H,1,13-15H2,2-5H3/p+1/t23-/m0/s1. The predicted molar refractivity (Wildman–Crippen MR) is 125 cm³/mol. The van der Waals surface area contributed by atoms with Crippen molar-refractivity contribution in [2.45, 2.75) is 19.9 Å². The van der Waals surface area contributed by atoms with Gasteiger partial charge in [0.15, 0.2) is 0 Å². The van der Waals surface area contributed by atoms with Crippen molar-refractivity contribution in [3.8, 4) is 5.75 Å². The maximum absolute atomic E-state index is 13.1. The monoisotopic (exact) mass is 435 g/mol. The summed E-state index contributed by atoms with van der Waals surface area (Å²) >= 11 is 0. The molecule has 32 heavy (non-hydrogen) atoms. The van der Waals surface area contributed by atoms with Crippen LogP contribution in [-0.2, 0) is 9.59 Å². The van der Waals surface area contributed by atoms with Crippen molar-refractivity contribution in [3.05, 3.63) is 82.9 Å². The molecule has 1 aliphatic rings. The first-order chi connectivity index (χ1) is 15.2. The number of amides is 1. The number of rotatable bonds is 8. The van der Waals surface area contributed by atoms with Gasteiger partial charge in [0.05, 0.1) is 38.8 Å². The number of ether oxygens (including phenoxy) is 1. The van der Waals surface area contributed by atoms with Crippen LogP contribution < -0.4 is 9.64 Å². The summed E-state index contributed by atoms with van der Waals surface area (Å²) in [7, 11) is 3.99. The Morgan fingerprint density at radius 1 is 1.16 bits per heavy atom. The highest BCUT2D eigenvalue weighted by Gasteiger charge is 2.46. The van der Waals surface area contributed by atoms with Crippen molar-refractivity contribution in [1.29, 1.82) is 0 Å². The largest absolute Gasteiger partial charge is 0.507 e. The highest BCUT2D eigenvalue weighted by molar-refractivity contribution is 6.46. The van der Waals surface area contributed by atoms with Gasteiger partial charge >= 0.3 is 0 Å². The SMILES string of the molecule is C=CCOc1ccc(C(O)=C2C(=O)C(=O)N(CC[NH+](C)C)[C@H]2c2ccc(C)cc2)c(C)c1. The zero-order valence-corrected chi connectivity index (χ0v) is 19.1. The molecule has 1 fully saturated rings. The van der Waals surface area contributed by atoms with Gasteiger partial charge in [-0.2, -0.15) is 0 Å². The average molecular weight is 436 g/mol. The molecule has 0 aromatic heterocycles. The molecular weight excluding hydrogens is 404 g/mol. The lowest BCUT2D eigenvalue weighted by Crippen LogP contribution is -3.06. The number of aliphatic hydroxyl groups excluding tert-OH is 1. The number of benzene rings is 2. The summed E-state index contributed by atoms with van der Waals surface area (Å²) in [6.45, 7) is 8.93. The Kier molecular flexibility index (Phi) is 7.15. The van der Waals surface area contributed by atoms with Crippen LogP contribution >= 0.6 is 0 Å². The predicted octanol–water partition coefficient (Wildman–Crippen LogP) is 2.43. The Balaban J connectivity index is 2.11. The van der Waals surface area contributed by atoms with E-state index in [2.05, 4.69) is 6.58 Å². The molecule has 168 valence electrons. The van der Waals surface area contributed by atoms with Crippen molar-refractivity contribution in [3.63, 3.8) is 0 Å². The number of ketones is 1. The van der Waals surface area contributed by atoms with Gasteiger partial charge in [-0.3, -0.25) is 9.59 Å². The van der Waals surface area contributed by atoms with Gasteiger partial charge in [0.2, 0.25) is 0 Å². The number of hydrogen-bond donors (Lipinski definition) is 2. The van der Waals surface area contributed by atoms with Gasteiger partial charge in [-0.1, -0.05) is 42.5 Å². The molecule has 2 aromatic rings. The zero-order chi connectivity index (χ0) is 23.4. The van der Waals surface area contributed by atoms with Crippen LogP contribution in [0.5, 0.6) is 5.75 Å². The summed E-state index contributed by atoms with van der Waals surface area (Å²) in [4.78, 5) is 28.8. The van der Waals surface area contributed by atoms with E-state index in [9.17, 15) is 14.7 Å². The van der Waals surface area contributed by atoms with Crippen LogP contribution in [-0.4, -0.2) is 55.5 Å². The summed E-state index contributed by atoms with van der Waals surface area (Å²) in [5.74, 6) is -0.764. The molecule has 2 aromatic carbocycles. The van der Waals surface area contributed by atoms with Crippen molar-refractivity contribution in [1.82, 2.24) is 4.90 Å². The number of aryl methyl sites for hydroxylation is 2. The molecule has 0 aliphatic carbocycles. The van der Waals surface area contributed by atoms with E-state index in [1.54, 1.807) is 29.2 Å². The Labute approximate surface area is 189 Å². The number of Topliss-reactive ketones (excluding diaryl/α,β-unsaturated/α-hetero) is 1. The normalized spacial score (nSPS) is 17.8. The Hall–Kier alpha value is -3.38. The van der Waals surface area contributed by atoms with E-state index >= 15 is 0 Å². The number of nitrogens with zero attached hydrogens (tertiary/aromatic N) is 1. The van der Waals surface area contributed by atoms with Crippen LogP contribution in [0.3, 0.4) is 0 Å². The molecular formula is C26H31N2O4+. The maximum Gasteiger partial charge on any atom is 0.295 e. The first-order valence-electron chi connectivity index (χ1n) is 10.7. The fraction of sp³-hybridized carbons (Fsp3) is 0.308. The van der Waals surface area contributed by atoms with Gasteiger partial charge in [0.25, 0.3) is 11.7 Å². The van der Waals surface area contributed by atoms with E-state index in [1.807, 2.05) is 52.2 Å². The van der Waals surface area contributed by atoms with Gasteiger partial charge in [-0.25, -0.2) is 0 Å². The number of hydrogen-bond acceptors (Lipinski definition) is 4. The first-order valence-corrected chi connectivity index (χ1v) is 10.7. The highest BCUT2D eigenvalue weighted by Crippen LogP contribution is 2.40. The molecule has 1 amide bonds. The Morgan fingerprint density at radius 3 is 2.44 bits per heavy atom. The Bertz CT molecular complexity index is 1050. The quantitative estimate of drug-likeness (QED) is 0.289. The number of aliphatic hydroxyl groups is 1. The number of likely N-dealkylation sites (N-methyl/N-ethyl adjacent to an activating group) is 1. The second-order valence-corrected chi connectivity index (χ2v) is 8.44. The Morgan fingerprint density at radius 2 is 1.84 bits per heavy atom. The topological polar surface area (TPSA) is 71.3 Å². The van der Waals surface area contributed by atoms with E-state index in [4.69, 9.17) is 4.74 Å². The molecule has 0 radical (unpaired) electrons. The highest BCUT2D eigenvalue weighted by atomic mass is 16.5. The molecule has 6 nitrogen and oxygen atoms in total. The minimum absolute atomic E-state index is 0.121. The zero-order valence-electron chi connectivity index (χ0n) is 19.1. The van der Waals surface area contributed by atoms with Crippen LogP contribution in [0, 0.1) is 13.8 Å². The van der Waals surface area contributed by atoms with E-state index in [0.717, 1.165) is 16.7 Å². The van der Waals surface area contributed by atoms with Crippen LogP contribution in [0.15, 0.2) is 60.7 Å². The number of nitrogens with one attached hydrogen (secondary N) is 1. The minimum Gasteiger partial charge on any atom is -0.507 e. The third kappa shape index (κ3) is 4.75. The van der Waals surface area contributed by atoms with Gasteiger partial charge in [0.1, 0.15) is 18.1 Å². The lowest BCUT2D eigenvalue weighted by atomic mass is 9.93. The number of carbonyl (C=O) groups excluding carboxylic acids is 2. The summed E-state index contributed by atoms with van der Waals surface area (Å²) in [5.41, 5.74) is 3.25. The molecule has 1 aliphatic heterocycles. The third-order valence-corrected chi connectivity index (χ3v) is 5.61. The van der Waals surface area contributed by atoms with E-state index in [0.29, 0.717) is 31.0 Å². The molecule has 0 spiro atoms. The average Bonchev–Trinajstić information content (AvgIpc) is 3.01. The lowest BCUT2D eigenvalue weighted by molar-refractivity contribution is -0.857. The van der Waals surface area contributed by atoms with E-state index in [-0.39, 0.29) is 11.3 Å². The molecule has 3 rings (SSSR count). The second kappa shape index (κ2) is 9.83. The molecule has 1 atom stereocenters. The molecule has 0 unspecified atom stereocenters. The van der Waals surface area contributed by atoms with Gasteiger partial charge in [0, 0.05) is 5.56 Å². The fourth-order valence-electron chi connectivity index (χ4n) is 3.84. The second-order valence-electron chi connectivity index (χ2n) is 8.44. The number of quaternary nitrogens is 1. The van der Waals surface area contributed by atoms with Crippen LogP contribution in [0.1, 0.15) is 28.3 Å². The van der Waals surface area contributed by atoms with Gasteiger partial charge < -0.3 is 19.6 Å². The minimum atomic E-state index is -0.659. The number of likely N-dealkylation sites (tertiary alicyclic amines) is 1. The van der Waals surface area contributed by atoms with Crippen molar-refractivity contribution < 1.29 is 24.3 Å². The molecule has 2 N–H and O–H groups in total. The van der Waals surface area contributed by atoms with Crippen molar-refractivity contribution in [2.75, 3.05) is 33.8 Å². The summed E-state index contributed by atoms with van der Waals surface area (Å²) in [6.07, 6.45) is 1.65. The summed E-state index contributed by atoms with van der Waals surface area (Å²) in [6, 6.07) is 12.3. The molecule has 1 saturated heterocycles. The summed E-state index contributed by atoms with van der Waals surface area (Å²) in [5, 5.41) is 11.3. The van der Waals surface area contributed by atoms with Gasteiger partial charge in [-0.05, 0) is 43.2 Å². The molecule has 0 bridgehead atoms. The van der Waals surface area contributed by atoms with E-state index in [1.165, 1.54) is 4.90 Å². The first kappa shape index (κ1) is 23.3. The fourth-order valence-corrected chi connectivity index (χ4v) is 3.84. The smallest absolute Gasteiger partial charge is 0.295 e. The van der Waals surface area contributed by atoms with Crippen LogP contribution in [0.4, 0.5) is 0 Å². The summed E-state index contributed by atoms with van der Waals surface area (Å²) < 4.78 is 5.56. The van der Waals surface area contributed by atoms with Crippen molar-refractivity contribution >= 4 is 17.4 Å². The molecule has 6 heteroatoms. The van der Waals surface area contributed by atoms with Gasteiger partial charge in [-0.15, -0.1) is 0 Å². The lowest BCUT2D eigenvalue weighted by Gasteiger charge is -2.26.